The Morgan fingerprint density at radius 1 is 1.12 bits per heavy atom. The number of rotatable bonds is 3. The number of aromatic nitrogens is 2. The van der Waals surface area contributed by atoms with Crippen molar-refractivity contribution in [1.29, 1.82) is 0 Å². The first-order valence-electron chi connectivity index (χ1n) is 8.61. The van der Waals surface area contributed by atoms with Crippen molar-refractivity contribution in [3.05, 3.63) is 15.6 Å². The third-order valence-corrected chi connectivity index (χ3v) is 7.07. The number of nitrogens with zero attached hydrogens (tertiary/aromatic N) is 3. The maximum absolute atomic E-state index is 12.4. The predicted octanol–water partition coefficient (Wildman–Crippen LogP) is 4.33. The van der Waals surface area contributed by atoms with Gasteiger partial charge >= 0.3 is 0 Å². The molecule has 2 aliphatic rings. The Hall–Kier alpha value is -0.850. The monoisotopic (exact) mass is 381 g/mol. The first-order valence-corrected chi connectivity index (χ1v) is 10.8. The minimum atomic E-state index is 0.190. The van der Waals surface area contributed by atoms with Gasteiger partial charge in [0.25, 0.3) is 0 Å². The van der Waals surface area contributed by atoms with Crippen molar-refractivity contribution in [1.82, 2.24) is 14.9 Å². The highest BCUT2D eigenvalue weighted by molar-refractivity contribution is 7.99. The Kier molecular flexibility index (Phi) is 4.97. The largest absolute Gasteiger partial charge is 0.342 e. The van der Waals surface area contributed by atoms with Gasteiger partial charge in [-0.2, -0.15) is 0 Å². The number of carbonyl (C=O) groups is 1. The van der Waals surface area contributed by atoms with Crippen molar-refractivity contribution in [3.8, 4) is 0 Å². The van der Waals surface area contributed by atoms with Crippen LogP contribution in [0, 0.1) is 0 Å². The van der Waals surface area contributed by atoms with Crippen LogP contribution in [0.15, 0.2) is 5.16 Å². The maximum atomic E-state index is 12.4. The quantitative estimate of drug-likeness (QED) is 0.451. The van der Waals surface area contributed by atoms with E-state index in [1.54, 1.807) is 11.3 Å². The average molecular weight is 382 g/mol. The number of carbonyl (C=O) groups excluding carboxylic acids is 1. The van der Waals surface area contributed by atoms with Gasteiger partial charge in [0, 0.05) is 18.0 Å². The van der Waals surface area contributed by atoms with Gasteiger partial charge in [-0.25, -0.2) is 9.97 Å². The molecule has 4 nitrogen and oxygen atoms in total. The molecule has 0 radical (unpaired) electrons. The molecule has 0 saturated carbocycles. The summed E-state index contributed by atoms with van der Waals surface area (Å²) in [7, 11) is 0. The van der Waals surface area contributed by atoms with Crippen LogP contribution in [0.2, 0.25) is 5.15 Å². The normalized spacial score (nSPS) is 18.0. The number of hydrogen-bond donors (Lipinski definition) is 0. The molecule has 0 unspecified atom stereocenters. The predicted molar refractivity (Wildman–Crippen MR) is 100 cm³/mol. The Bertz CT molecular complexity index is 769. The SMILES string of the molecule is O=C(CSc1nc(Cl)c2c3c(sc2n1)CCC3)N1CCCCCC1. The highest BCUT2D eigenvalue weighted by Gasteiger charge is 2.22. The Balaban J connectivity index is 1.47. The minimum absolute atomic E-state index is 0.190. The summed E-state index contributed by atoms with van der Waals surface area (Å²) in [5.41, 5.74) is 1.34. The number of thiophene rings is 1. The van der Waals surface area contributed by atoms with Crippen molar-refractivity contribution in [2.75, 3.05) is 18.8 Å². The van der Waals surface area contributed by atoms with Crippen molar-refractivity contribution < 1.29 is 4.79 Å². The second-order valence-electron chi connectivity index (χ2n) is 6.42. The molecular formula is C17H20ClN3OS2. The molecule has 4 rings (SSSR count). The van der Waals surface area contributed by atoms with Gasteiger partial charge in [0.1, 0.15) is 9.98 Å². The van der Waals surface area contributed by atoms with Crippen LogP contribution in [0.3, 0.4) is 0 Å². The van der Waals surface area contributed by atoms with Crippen molar-refractivity contribution in [2.45, 2.75) is 50.1 Å². The van der Waals surface area contributed by atoms with Crippen LogP contribution in [-0.2, 0) is 17.6 Å². The van der Waals surface area contributed by atoms with Crippen LogP contribution in [0.25, 0.3) is 10.2 Å². The molecule has 3 heterocycles. The van der Waals surface area contributed by atoms with E-state index in [1.807, 2.05) is 4.90 Å². The lowest BCUT2D eigenvalue weighted by molar-refractivity contribution is -0.128. The lowest BCUT2D eigenvalue weighted by Crippen LogP contribution is -2.33. The number of amides is 1. The molecule has 0 bridgehead atoms. The van der Waals surface area contributed by atoms with Gasteiger partial charge in [-0.05, 0) is 37.7 Å². The molecule has 24 heavy (non-hydrogen) atoms. The fourth-order valence-electron chi connectivity index (χ4n) is 3.54. The molecule has 0 N–H and O–H groups in total. The first-order chi connectivity index (χ1) is 11.7. The first kappa shape index (κ1) is 16.6. The van der Waals surface area contributed by atoms with Crippen LogP contribution >= 0.6 is 34.7 Å². The highest BCUT2D eigenvalue weighted by atomic mass is 35.5. The van der Waals surface area contributed by atoms with Gasteiger partial charge in [-0.15, -0.1) is 11.3 Å². The van der Waals surface area contributed by atoms with Crippen LogP contribution in [0.1, 0.15) is 42.5 Å². The van der Waals surface area contributed by atoms with Crippen LogP contribution in [0.4, 0.5) is 0 Å². The number of thioether (sulfide) groups is 1. The third-order valence-electron chi connectivity index (χ3n) is 4.78. The van der Waals surface area contributed by atoms with Crippen LogP contribution in [0.5, 0.6) is 0 Å². The summed E-state index contributed by atoms with van der Waals surface area (Å²) in [5.74, 6) is 0.586. The number of hydrogen-bond acceptors (Lipinski definition) is 5. The van der Waals surface area contributed by atoms with Gasteiger partial charge in [-0.3, -0.25) is 4.79 Å². The van der Waals surface area contributed by atoms with Gasteiger partial charge < -0.3 is 4.90 Å². The van der Waals surface area contributed by atoms with E-state index in [0.717, 1.165) is 49.0 Å². The van der Waals surface area contributed by atoms with Crippen LogP contribution < -0.4 is 0 Å². The van der Waals surface area contributed by atoms with E-state index in [0.29, 0.717) is 16.1 Å². The molecule has 1 aliphatic carbocycles. The second-order valence-corrected chi connectivity index (χ2v) is 8.80. The van der Waals surface area contributed by atoms with Crippen LogP contribution in [-0.4, -0.2) is 39.6 Å². The van der Waals surface area contributed by atoms with E-state index in [9.17, 15) is 4.79 Å². The fraction of sp³-hybridized carbons (Fsp3) is 0.588. The summed E-state index contributed by atoms with van der Waals surface area (Å²) in [5, 5.41) is 2.21. The van der Waals surface area contributed by atoms with Gasteiger partial charge in [0.2, 0.25) is 5.91 Å². The van der Waals surface area contributed by atoms with E-state index >= 15 is 0 Å². The van der Waals surface area contributed by atoms with Crippen molar-refractivity contribution in [2.24, 2.45) is 0 Å². The molecule has 2 aromatic heterocycles. The molecule has 2 aromatic rings. The summed E-state index contributed by atoms with van der Waals surface area (Å²) in [4.78, 5) is 25.9. The molecule has 1 aliphatic heterocycles. The smallest absolute Gasteiger partial charge is 0.233 e. The number of halogens is 1. The summed E-state index contributed by atoms with van der Waals surface area (Å²) in [6, 6.07) is 0. The minimum Gasteiger partial charge on any atom is -0.342 e. The second kappa shape index (κ2) is 7.18. The van der Waals surface area contributed by atoms with E-state index in [4.69, 9.17) is 11.6 Å². The Labute approximate surface area is 155 Å². The summed E-state index contributed by atoms with van der Waals surface area (Å²) in [6.45, 7) is 1.77. The Morgan fingerprint density at radius 3 is 2.71 bits per heavy atom. The van der Waals surface area contributed by atoms with Crippen molar-refractivity contribution in [3.63, 3.8) is 0 Å². The molecule has 128 valence electrons. The fourth-order valence-corrected chi connectivity index (χ4v) is 5.99. The number of aryl methyl sites for hydroxylation is 2. The zero-order chi connectivity index (χ0) is 16.5. The van der Waals surface area contributed by atoms with Gasteiger partial charge in [0.15, 0.2) is 5.16 Å². The zero-order valence-corrected chi connectivity index (χ0v) is 15.9. The lowest BCUT2D eigenvalue weighted by Gasteiger charge is -2.19. The molecule has 1 amide bonds. The summed E-state index contributed by atoms with van der Waals surface area (Å²) in [6.07, 6.45) is 8.11. The highest BCUT2D eigenvalue weighted by Crippen LogP contribution is 2.40. The van der Waals surface area contributed by atoms with E-state index < -0.39 is 0 Å². The summed E-state index contributed by atoms with van der Waals surface area (Å²) < 4.78 is 0. The van der Waals surface area contributed by atoms with E-state index in [2.05, 4.69) is 9.97 Å². The van der Waals surface area contributed by atoms with Crippen molar-refractivity contribution >= 4 is 50.8 Å². The average Bonchev–Trinajstić information content (AvgIpc) is 3.02. The molecule has 7 heteroatoms. The topological polar surface area (TPSA) is 46.1 Å². The lowest BCUT2D eigenvalue weighted by atomic mass is 10.2. The number of fused-ring (bicyclic) bond motifs is 3. The number of likely N-dealkylation sites (tertiary alicyclic amines) is 1. The third kappa shape index (κ3) is 3.28. The van der Waals surface area contributed by atoms with E-state index in [-0.39, 0.29) is 5.91 Å². The molecule has 1 saturated heterocycles. The molecule has 0 spiro atoms. The zero-order valence-electron chi connectivity index (χ0n) is 13.5. The maximum Gasteiger partial charge on any atom is 0.233 e. The molecule has 1 fully saturated rings. The van der Waals surface area contributed by atoms with Gasteiger partial charge in [-0.1, -0.05) is 36.2 Å². The standard InChI is InChI=1S/C17H20ClN3OS2/c18-15-14-11-6-5-7-12(11)24-16(14)20-17(19-15)23-10-13(22)21-8-3-1-2-4-9-21/h1-10H2. The molecule has 0 atom stereocenters. The summed E-state index contributed by atoms with van der Waals surface area (Å²) >= 11 is 9.56. The van der Waals surface area contributed by atoms with E-state index in [1.165, 1.54) is 41.5 Å². The molecule has 0 aromatic carbocycles. The molecular weight excluding hydrogens is 362 g/mol. The Morgan fingerprint density at radius 2 is 1.92 bits per heavy atom. The van der Waals surface area contributed by atoms with Gasteiger partial charge in [0.05, 0.1) is 11.1 Å².